The first-order valence-corrected chi connectivity index (χ1v) is 21.8. The molecule has 4 aliphatic carbocycles. The fourth-order valence-corrected chi connectivity index (χ4v) is 11.1. The minimum atomic E-state index is 0.297. The summed E-state index contributed by atoms with van der Waals surface area (Å²) >= 11 is 0. The molecule has 2 aliphatic heterocycles. The van der Waals surface area contributed by atoms with Crippen molar-refractivity contribution in [1.82, 2.24) is 0 Å². The number of hydrogen-bond acceptors (Lipinski definition) is 2. The molecule has 0 saturated carbocycles. The highest BCUT2D eigenvalue weighted by Gasteiger charge is 2.42. The summed E-state index contributed by atoms with van der Waals surface area (Å²) in [6.07, 6.45) is 26.1. The van der Waals surface area contributed by atoms with Gasteiger partial charge in [-0.2, -0.15) is 0 Å². The molecule has 2 nitrogen and oxygen atoms in total. The smallest absolute Gasteiger partial charge is 0.0667 e. The lowest BCUT2D eigenvalue weighted by Gasteiger charge is -2.43. The molecule has 59 heavy (non-hydrogen) atoms. The third kappa shape index (κ3) is 6.56. The second-order valence-corrected chi connectivity index (χ2v) is 17.4. The molecule has 0 bridgehead atoms. The van der Waals surface area contributed by atoms with Crippen molar-refractivity contribution < 1.29 is 0 Å². The number of hydrogen-bond donors (Lipinski definition) is 0. The monoisotopic (exact) mass is 762 g/mol. The van der Waals surface area contributed by atoms with Crippen LogP contribution in [0.2, 0.25) is 0 Å². The lowest BCUT2D eigenvalue weighted by atomic mass is 9.61. The van der Waals surface area contributed by atoms with Crippen molar-refractivity contribution in [2.24, 2.45) is 22.7 Å². The van der Waals surface area contributed by atoms with E-state index in [0.29, 0.717) is 41.5 Å². The van der Waals surface area contributed by atoms with Gasteiger partial charge in [0.05, 0.1) is 11.7 Å². The number of fused-ring (bicyclic) bond motifs is 5. The minimum Gasteiger partial charge on any atom is -0.334 e. The summed E-state index contributed by atoms with van der Waals surface area (Å²) in [5.41, 5.74) is 17.6. The summed E-state index contributed by atoms with van der Waals surface area (Å²) in [4.78, 5) is 8.06. The zero-order valence-electron chi connectivity index (χ0n) is 33.7. The van der Waals surface area contributed by atoms with E-state index in [9.17, 15) is 0 Å². The van der Waals surface area contributed by atoms with Crippen LogP contribution in [0.4, 0.5) is 5.69 Å². The number of aliphatic imine (C=N–C) groups is 1. The molecule has 2 heterocycles. The summed E-state index contributed by atoms with van der Waals surface area (Å²) in [7, 11) is 0. The molecule has 0 radical (unpaired) electrons. The van der Waals surface area contributed by atoms with Gasteiger partial charge in [-0.15, -0.1) is 0 Å². The second kappa shape index (κ2) is 15.2. The maximum Gasteiger partial charge on any atom is 0.0667 e. The van der Waals surface area contributed by atoms with E-state index in [4.69, 9.17) is 4.99 Å². The summed E-state index contributed by atoms with van der Waals surface area (Å²) in [5, 5.41) is 0. The first-order chi connectivity index (χ1) is 29.2. The van der Waals surface area contributed by atoms with Gasteiger partial charge in [0.15, 0.2) is 0 Å². The van der Waals surface area contributed by atoms with Crippen molar-refractivity contribution >= 4 is 17.1 Å². The van der Waals surface area contributed by atoms with Crippen molar-refractivity contribution in [3.8, 4) is 11.1 Å². The second-order valence-electron chi connectivity index (χ2n) is 17.4. The maximum absolute atomic E-state index is 5.43. The number of benzene rings is 5. The Balaban J connectivity index is 0.914. The lowest BCUT2D eigenvalue weighted by Crippen LogP contribution is -2.33. The molecule has 0 saturated heterocycles. The first kappa shape index (κ1) is 35.9. The van der Waals surface area contributed by atoms with Crippen molar-refractivity contribution in [2.45, 2.75) is 56.4 Å². The molecule has 0 spiro atoms. The summed E-state index contributed by atoms with van der Waals surface area (Å²) in [6.45, 7) is 2.51. The average molecular weight is 763 g/mol. The lowest BCUT2D eigenvalue weighted by molar-refractivity contribution is 0.307. The molecule has 11 rings (SSSR count). The Bertz CT molecular complexity index is 2650. The highest BCUT2D eigenvalue weighted by Crippen LogP contribution is 2.53. The standard InChI is InChI=1S/C57H50N2/c1-38-48-30-28-43(44-29-31-52-51-26-13-14-27-56(51)59(57(52)36-44)47-23-15-22-42(33-47)39-16-5-2-6-17-39)34-54(48)50-25-12-11-24-49(50)53(38)37-46-32-45(40-18-7-3-8-19-40)35-55(58-46)41-20-9-4-10-21-41/h2-28,30,33-36,38,45,48,51,53-54,56H,29,31-32,37H2,1H3/t38?,45?,48?,51?,53-,54?,56?/m1/s1. The molecular formula is C57H50N2. The van der Waals surface area contributed by atoms with Crippen LogP contribution < -0.4 is 4.90 Å². The van der Waals surface area contributed by atoms with Crippen LogP contribution in [-0.4, -0.2) is 11.8 Å². The van der Waals surface area contributed by atoms with E-state index in [0.717, 1.165) is 31.4 Å². The molecule has 0 fully saturated rings. The predicted octanol–water partition coefficient (Wildman–Crippen LogP) is 13.9. The van der Waals surface area contributed by atoms with Gasteiger partial charge in [0.25, 0.3) is 0 Å². The topological polar surface area (TPSA) is 15.6 Å². The molecule has 5 aromatic rings. The first-order valence-electron chi connectivity index (χ1n) is 21.8. The molecule has 0 aromatic heterocycles. The van der Waals surface area contributed by atoms with Gasteiger partial charge in [0.2, 0.25) is 0 Å². The van der Waals surface area contributed by atoms with E-state index in [1.807, 2.05) is 0 Å². The van der Waals surface area contributed by atoms with Crippen molar-refractivity contribution in [3.05, 3.63) is 239 Å². The van der Waals surface area contributed by atoms with Crippen LogP contribution in [-0.2, 0) is 0 Å². The quantitative estimate of drug-likeness (QED) is 0.161. The van der Waals surface area contributed by atoms with Crippen LogP contribution in [0.3, 0.4) is 0 Å². The van der Waals surface area contributed by atoms with Gasteiger partial charge in [-0.25, -0.2) is 0 Å². The van der Waals surface area contributed by atoms with Gasteiger partial charge >= 0.3 is 0 Å². The van der Waals surface area contributed by atoms with Crippen LogP contribution in [0.1, 0.15) is 72.6 Å². The summed E-state index contributed by atoms with van der Waals surface area (Å²) < 4.78 is 0. The highest BCUT2D eigenvalue weighted by atomic mass is 15.2. The Morgan fingerprint density at radius 2 is 1.36 bits per heavy atom. The van der Waals surface area contributed by atoms with Gasteiger partial charge in [-0.1, -0.05) is 183 Å². The molecule has 7 atom stereocenters. The van der Waals surface area contributed by atoms with Crippen molar-refractivity contribution in [1.29, 1.82) is 0 Å². The van der Waals surface area contributed by atoms with Crippen LogP contribution in [0, 0.1) is 17.8 Å². The van der Waals surface area contributed by atoms with Crippen LogP contribution in [0.15, 0.2) is 222 Å². The van der Waals surface area contributed by atoms with E-state index in [1.165, 1.54) is 61.6 Å². The summed E-state index contributed by atoms with van der Waals surface area (Å²) in [5.74, 6) is 2.41. The Hall–Kier alpha value is -6.25. The molecule has 288 valence electrons. The molecular weight excluding hydrogens is 713 g/mol. The molecule has 0 amide bonds. The van der Waals surface area contributed by atoms with Crippen molar-refractivity contribution in [3.63, 3.8) is 0 Å². The maximum atomic E-state index is 5.43. The molecule has 6 aliphatic rings. The molecule has 0 N–H and O–H groups in total. The van der Waals surface area contributed by atoms with E-state index in [-0.39, 0.29) is 0 Å². The van der Waals surface area contributed by atoms with Crippen LogP contribution >= 0.6 is 0 Å². The number of nitrogens with zero attached hydrogens (tertiary/aromatic N) is 2. The molecule has 5 aromatic carbocycles. The van der Waals surface area contributed by atoms with Crippen LogP contribution in [0.5, 0.6) is 0 Å². The molecule has 6 unspecified atom stereocenters. The van der Waals surface area contributed by atoms with Gasteiger partial charge in [0, 0.05) is 34.8 Å². The Labute approximate surface area is 349 Å². The SMILES string of the molecule is CC1C2C=CC(C3=CC4=C(CC3)C3C=CC=CC3N4c3cccc(-c4ccccc4)c3)=CC2c2ccccc2[C@@H]1CC1=NC(c2ccccc2)=CC(c2ccccc2)C1. The third-order valence-electron chi connectivity index (χ3n) is 14.1. The van der Waals surface area contributed by atoms with Gasteiger partial charge in [0.1, 0.15) is 0 Å². The fourth-order valence-electron chi connectivity index (χ4n) is 11.1. The fraction of sp³-hybridized carbons (Fsp3) is 0.211. The normalized spacial score (nSPS) is 26.5. The van der Waals surface area contributed by atoms with Gasteiger partial charge in [-0.3, -0.25) is 4.99 Å². The highest BCUT2D eigenvalue weighted by molar-refractivity contribution is 5.93. The third-order valence-corrected chi connectivity index (χ3v) is 14.1. The zero-order valence-corrected chi connectivity index (χ0v) is 33.7. The van der Waals surface area contributed by atoms with Crippen LogP contribution in [0.25, 0.3) is 16.8 Å². The number of allylic oxidation sites excluding steroid dienone is 9. The number of rotatable bonds is 7. The largest absolute Gasteiger partial charge is 0.334 e. The van der Waals surface area contributed by atoms with E-state index < -0.39 is 0 Å². The van der Waals surface area contributed by atoms with Crippen molar-refractivity contribution in [2.75, 3.05) is 4.90 Å². The van der Waals surface area contributed by atoms with E-state index in [1.54, 1.807) is 5.57 Å². The van der Waals surface area contributed by atoms with E-state index in [2.05, 4.69) is 206 Å². The van der Waals surface area contributed by atoms with E-state index >= 15 is 0 Å². The molecule has 2 heteroatoms. The van der Waals surface area contributed by atoms with Gasteiger partial charge in [-0.05, 0) is 112 Å². The average Bonchev–Trinajstić information content (AvgIpc) is 3.65. The van der Waals surface area contributed by atoms with Gasteiger partial charge < -0.3 is 4.90 Å². The zero-order chi connectivity index (χ0) is 39.3. The summed E-state index contributed by atoms with van der Waals surface area (Å²) in [6, 6.07) is 51.4. The Morgan fingerprint density at radius 3 is 2.17 bits per heavy atom. The Kier molecular flexibility index (Phi) is 9.22. The number of anilines is 1. The predicted molar refractivity (Wildman–Crippen MR) is 246 cm³/mol. The Morgan fingerprint density at radius 1 is 0.644 bits per heavy atom. The minimum absolute atomic E-state index is 0.297.